The van der Waals surface area contributed by atoms with Crippen molar-refractivity contribution in [2.75, 3.05) is 6.61 Å². The summed E-state index contributed by atoms with van der Waals surface area (Å²) in [6.07, 6.45) is 11.8. The van der Waals surface area contributed by atoms with Crippen LogP contribution < -0.4 is 0 Å². The standard InChI is InChI=1S/C15H26N2O2/c1-4-19-14(18)9-7-5-6-8-10-15(2,3)17-12-11-16-13-17/h11-13H,4-10H2,1-3H3. The zero-order valence-corrected chi connectivity index (χ0v) is 12.4. The minimum atomic E-state index is -0.0683. The Morgan fingerprint density at radius 2 is 2.00 bits per heavy atom. The van der Waals surface area contributed by atoms with Gasteiger partial charge < -0.3 is 9.30 Å². The molecule has 0 amide bonds. The average molecular weight is 266 g/mol. The molecule has 1 heterocycles. The molecule has 0 bridgehead atoms. The number of esters is 1. The highest BCUT2D eigenvalue weighted by Gasteiger charge is 2.18. The van der Waals surface area contributed by atoms with Gasteiger partial charge in [0.15, 0.2) is 0 Å². The minimum Gasteiger partial charge on any atom is -0.466 e. The Hall–Kier alpha value is -1.32. The molecule has 0 saturated carbocycles. The van der Waals surface area contributed by atoms with Crippen molar-refractivity contribution in [1.82, 2.24) is 9.55 Å². The molecule has 0 aliphatic rings. The SMILES string of the molecule is CCOC(=O)CCCCCCC(C)(C)n1ccnc1. The first-order valence-corrected chi connectivity index (χ1v) is 7.20. The second kappa shape index (κ2) is 7.97. The Kier molecular flexibility index (Phi) is 6.60. The average Bonchev–Trinajstić information content (AvgIpc) is 2.88. The molecule has 1 aromatic heterocycles. The number of carbonyl (C=O) groups excluding carboxylic acids is 1. The lowest BCUT2D eigenvalue weighted by molar-refractivity contribution is -0.143. The fourth-order valence-electron chi connectivity index (χ4n) is 2.16. The highest BCUT2D eigenvalue weighted by atomic mass is 16.5. The van der Waals surface area contributed by atoms with Crippen molar-refractivity contribution < 1.29 is 9.53 Å². The van der Waals surface area contributed by atoms with E-state index in [0.717, 1.165) is 25.7 Å². The molecule has 0 radical (unpaired) electrons. The van der Waals surface area contributed by atoms with Gasteiger partial charge in [-0.2, -0.15) is 0 Å². The van der Waals surface area contributed by atoms with E-state index in [4.69, 9.17) is 4.74 Å². The van der Waals surface area contributed by atoms with Crippen LogP contribution in [0.2, 0.25) is 0 Å². The molecular weight excluding hydrogens is 240 g/mol. The van der Waals surface area contributed by atoms with Crippen molar-refractivity contribution in [2.45, 2.75) is 64.8 Å². The summed E-state index contributed by atoms with van der Waals surface area (Å²) in [5.74, 6) is -0.0683. The number of ether oxygens (including phenoxy) is 1. The molecule has 4 heteroatoms. The van der Waals surface area contributed by atoms with E-state index in [1.807, 2.05) is 25.6 Å². The van der Waals surface area contributed by atoms with E-state index < -0.39 is 0 Å². The Morgan fingerprint density at radius 1 is 1.26 bits per heavy atom. The summed E-state index contributed by atoms with van der Waals surface area (Å²) >= 11 is 0. The molecule has 1 rings (SSSR count). The van der Waals surface area contributed by atoms with Gasteiger partial charge in [0, 0.05) is 24.4 Å². The van der Waals surface area contributed by atoms with Gasteiger partial charge in [-0.3, -0.25) is 4.79 Å². The van der Waals surface area contributed by atoms with Gasteiger partial charge in [-0.1, -0.05) is 19.3 Å². The van der Waals surface area contributed by atoms with E-state index >= 15 is 0 Å². The molecule has 0 unspecified atom stereocenters. The maximum Gasteiger partial charge on any atom is 0.305 e. The van der Waals surface area contributed by atoms with Crippen molar-refractivity contribution in [1.29, 1.82) is 0 Å². The topological polar surface area (TPSA) is 44.1 Å². The number of hydrogen-bond acceptors (Lipinski definition) is 3. The summed E-state index contributed by atoms with van der Waals surface area (Å²) < 4.78 is 7.06. The number of hydrogen-bond donors (Lipinski definition) is 0. The molecule has 19 heavy (non-hydrogen) atoms. The third kappa shape index (κ3) is 5.90. The van der Waals surface area contributed by atoms with E-state index in [-0.39, 0.29) is 11.5 Å². The quantitative estimate of drug-likeness (QED) is 0.507. The van der Waals surface area contributed by atoms with Crippen LogP contribution in [0.25, 0.3) is 0 Å². The largest absolute Gasteiger partial charge is 0.466 e. The van der Waals surface area contributed by atoms with E-state index in [2.05, 4.69) is 23.4 Å². The van der Waals surface area contributed by atoms with Crippen LogP contribution in [0.1, 0.15) is 59.3 Å². The first kappa shape index (κ1) is 15.7. The maximum absolute atomic E-state index is 11.2. The van der Waals surface area contributed by atoms with Crippen molar-refractivity contribution in [3.63, 3.8) is 0 Å². The zero-order chi connectivity index (χ0) is 14.1. The van der Waals surface area contributed by atoms with Gasteiger partial charge >= 0.3 is 5.97 Å². The Balaban J connectivity index is 2.09. The first-order chi connectivity index (χ1) is 9.06. The number of unbranched alkanes of at least 4 members (excludes halogenated alkanes) is 3. The molecule has 1 aromatic rings. The zero-order valence-electron chi connectivity index (χ0n) is 12.4. The molecule has 0 spiro atoms. The van der Waals surface area contributed by atoms with Crippen molar-refractivity contribution in [3.8, 4) is 0 Å². The molecule has 0 aromatic carbocycles. The second-order valence-electron chi connectivity index (χ2n) is 5.50. The third-order valence-corrected chi connectivity index (χ3v) is 3.43. The van der Waals surface area contributed by atoms with Gasteiger partial charge in [-0.05, 0) is 33.6 Å². The molecule has 0 aliphatic carbocycles. The van der Waals surface area contributed by atoms with E-state index in [0.29, 0.717) is 13.0 Å². The molecule has 0 saturated heterocycles. The fourth-order valence-corrected chi connectivity index (χ4v) is 2.16. The highest BCUT2D eigenvalue weighted by Crippen LogP contribution is 2.22. The van der Waals surface area contributed by atoms with Crippen LogP contribution in [0.4, 0.5) is 0 Å². The van der Waals surface area contributed by atoms with Crippen molar-refractivity contribution in [2.24, 2.45) is 0 Å². The number of nitrogens with zero attached hydrogens (tertiary/aromatic N) is 2. The van der Waals surface area contributed by atoms with Gasteiger partial charge in [0.1, 0.15) is 0 Å². The van der Waals surface area contributed by atoms with Crippen LogP contribution in [0.3, 0.4) is 0 Å². The van der Waals surface area contributed by atoms with Gasteiger partial charge in [0.25, 0.3) is 0 Å². The molecule has 0 atom stereocenters. The van der Waals surface area contributed by atoms with Gasteiger partial charge in [0.05, 0.1) is 12.9 Å². The monoisotopic (exact) mass is 266 g/mol. The number of aromatic nitrogens is 2. The summed E-state index contributed by atoms with van der Waals surface area (Å²) in [5, 5.41) is 0. The van der Waals surface area contributed by atoms with Gasteiger partial charge in [-0.25, -0.2) is 4.98 Å². The van der Waals surface area contributed by atoms with Crippen LogP contribution in [0, 0.1) is 0 Å². The Morgan fingerprint density at radius 3 is 2.63 bits per heavy atom. The fraction of sp³-hybridized carbons (Fsp3) is 0.733. The van der Waals surface area contributed by atoms with E-state index in [9.17, 15) is 4.79 Å². The predicted molar refractivity (Wildman–Crippen MR) is 75.9 cm³/mol. The molecule has 0 N–H and O–H groups in total. The number of imidazole rings is 1. The first-order valence-electron chi connectivity index (χ1n) is 7.20. The molecule has 108 valence electrons. The molecule has 4 nitrogen and oxygen atoms in total. The summed E-state index contributed by atoms with van der Waals surface area (Å²) in [5.41, 5.74) is 0.123. The van der Waals surface area contributed by atoms with E-state index in [1.165, 1.54) is 6.42 Å². The van der Waals surface area contributed by atoms with E-state index in [1.54, 1.807) is 0 Å². The Bertz CT molecular complexity index is 358. The summed E-state index contributed by atoms with van der Waals surface area (Å²) in [4.78, 5) is 15.3. The van der Waals surface area contributed by atoms with Crippen LogP contribution in [-0.2, 0) is 15.1 Å². The molecule has 0 aliphatic heterocycles. The maximum atomic E-state index is 11.2. The van der Waals surface area contributed by atoms with Crippen LogP contribution in [-0.4, -0.2) is 22.1 Å². The lowest BCUT2D eigenvalue weighted by Gasteiger charge is -2.26. The predicted octanol–water partition coefficient (Wildman–Crippen LogP) is 3.52. The number of rotatable bonds is 9. The third-order valence-electron chi connectivity index (χ3n) is 3.43. The Labute approximate surface area is 116 Å². The van der Waals surface area contributed by atoms with Crippen LogP contribution in [0.5, 0.6) is 0 Å². The van der Waals surface area contributed by atoms with Gasteiger partial charge in [0.2, 0.25) is 0 Å². The molecular formula is C15H26N2O2. The lowest BCUT2D eigenvalue weighted by Crippen LogP contribution is -2.24. The summed E-state index contributed by atoms with van der Waals surface area (Å²) in [7, 11) is 0. The summed E-state index contributed by atoms with van der Waals surface area (Å²) in [6.45, 7) is 6.79. The number of carbonyl (C=O) groups is 1. The van der Waals surface area contributed by atoms with Crippen LogP contribution in [0.15, 0.2) is 18.7 Å². The van der Waals surface area contributed by atoms with Gasteiger partial charge in [-0.15, -0.1) is 0 Å². The highest BCUT2D eigenvalue weighted by molar-refractivity contribution is 5.69. The second-order valence-corrected chi connectivity index (χ2v) is 5.50. The van der Waals surface area contributed by atoms with Crippen LogP contribution >= 0.6 is 0 Å². The normalized spacial score (nSPS) is 11.5. The van der Waals surface area contributed by atoms with Crippen molar-refractivity contribution in [3.05, 3.63) is 18.7 Å². The van der Waals surface area contributed by atoms with Crippen molar-refractivity contribution >= 4 is 5.97 Å². The smallest absolute Gasteiger partial charge is 0.305 e. The lowest BCUT2D eigenvalue weighted by atomic mass is 9.96. The minimum absolute atomic E-state index is 0.0683. The summed E-state index contributed by atoms with van der Waals surface area (Å²) in [6, 6.07) is 0. The molecule has 0 fully saturated rings.